The van der Waals surface area contributed by atoms with E-state index in [1.807, 2.05) is 6.08 Å². The van der Waals surface area contributed by atoms with E-state index in [9.17, 15) is 9.59 Å². The van der Waals surface area contributed by atoms with Crippen LogP contribution in [-0.2, 0) is 9.59 Å². The van der Waals surface area contributed by atoms with Crippen LogP contribution < -0.4 is 5.32 Å². The van der Waals surface area contributed by atoms with Crippen molar-refractivity contribution in [2.24, 2.45) is 0 Å². The summed E-state index contributed by atoms with van der Waals surface area (Å²) >= 11 is 0. The Hall–Kier alpha value is -1.64. The Morgan fingerprint density at radius 2 is 1.94 bits per heavy atom. The number of Topliss-reactive ketones (excluding diaryl/α,β-unsaturated/α-hetero) is 1. The number of carbonyl (C=O) groups is 2. The van der Waals surface area contributed by atoms with Gasteiger partial charge in [0.1, 0.15) is 0 Å². The van der Waals surface area contributed by atoms with Gasteiger partial charge in [-0.3, -0.25) is 9.59 Å². The van der Waals surface area contributed by atoms with Crippen LogP contribution in [0.4, 0.5) is 0 Å². The minimum Gasteiger partial charge on any atom is -0.347 e. The van der Waals surface area contributed by atoms with Crippen LogP contribution in [0.15, 0.2) is 37.0 Å². The molecule has 3 heteroatoms. The molecule has 88 valence electrons. The van der Waals surface area contributed by atoms with Gasteiger partial charge in [0.2, 0.25) is 5.91 Å². The largest absolute Gasteiger partial charge is 0.347 e. The molecule has 0 saturated carbocycles. The highest BCUT2D eigenvalue weighted by atomic mass is 16.2. The van der Waals surface area contributed by atoms with Gasteiger partial charge in [-0.1, -0.05) is 31.4 Å². The number of carbonyl (C=O) groups excluding carboxylic acids is 2. The van der Waals surface area contributed by atoms with Gasteiger partial charge < -0.3 is 5.32 Å². The van der Waals surface area contributed by atoms with Gasteiger partial charge in [-0.05, 0) is 25.8 Å². The number of amides is 1. The number of nitrogens with one attached hydrogen (secondary N) is 1. The molecular weight excluding hydrogens is 202 g/mol. The third-order valence-electron chi connectivity index (χ3n) is 2.22. The Labute approximate surface area is 96.9 Å². The number of allylic oxidation sites excluding steroid dienone is 4. The van der Waals surface area contributed by atoms with Gasteiger partial charge in [-0.15, -0.1) is 0 Å². The predicted molar refractivity (Wildman–Crippen MR) is 66.0 cm³/mol. The highest BCUT2D eigenvalue weighted by molar-refractivity contribution is 5.87. The summed E-state index contributed by atoms with van der Waals surface area (Å²) in [4.78, 5) is 22.4. The SMILES string of the molecule is C=C/C=C(\C=C)CCC(=O)NC(C)C(C)=O. The number of hydrogen-bond acceptors (Lipinski definition) is 2. The van der Waals surface area contributed by atoms with Crippen molar-refractivity contribution in [3.8, 4) is 0 Å². The van der Waals surface area contributed by atoms with Crippen molar-refractivity contribution in [2.75, 3.05) is 0 Å². The zero-order chi connectivity index (χ0) is 12.6. The van der Waals surface area contributed by atoms with E-state index in [-0.39, 0.29) is 11.7 Å². The van der Waals surface area contributed by atoms with Crippen LogP contribution in [0.1, 0.15) is 26.7 Å². The summed E-state index contributed by atoms with van der Waals surface area (Å²) in [5, 5.41) is 2.63. The van der Waals surface area contributed by atoms with Crippen LogP contribution >= 0.6 is 0 Å². The summed E-state index contributed by atoms with van der Waals surface area (Å²) < 4.78 is 0. The first-order chi connectivity index (χ1) is 7.51. The number of hydrogen-bond donors (Lipinski definition) is 1. The Morgan fingerprint density at radius 3 is 2.38 bits per heavy atom. The second-order valence-electron chi connectivity index (χ2n) is 3.58. The van der Waals surface area contributed by atoms with Crippen LogP contribution in [0.5, 0.6) is 0 Å². The van der Waals surface area contributed by atoms with Gasteiger partial charge in [0.25, 0.3) is 0 Å². The molecule has 16 heavy (non-hydrogen) atoms. The number of ketones is 1. The van der Waals surface area contributed by atoms with E-state index in [1.165, 1.54) is 6.92 Å². The Kier molecular flexibility index (Phi) is 6.84. The third kappa shape index (κ3) is 5.96. The smallest absolute Gasteiger partial charge is 0.220 e. The molecule has 0 saturated heterocycles. The minimum absolute atomic E-state index is 0.0427. The van der Waals surface area contributed by atoms with Crippen molar-refractivity contribution in [1.82, 2.24) is 5.32 Å². The van der Waals surface area contributed by atoms with Crippen LogP contribution in [0.2, 0.25) is 0 Å². The molecule has 0 aliphatic heterocycles. The average Bonchev–Trinajstić information content (AvgIpc) is 2.23. The molecule has 1 atom stereocenters. The van der Waals surface area contributed by atoms with E-state index in [0.29, 0.717) is 12.8 Å². The molecule has 3 nitrogen and oxygen atoms in total. The molecule has 0 fully saturated rings. The molecule has 0 rings (SSSR count). The molecule has 0 spiro atoms. The number of rotatable bonds is 7. The summed E-state index contributed by atoms with van der Waals surface area (Å²) in [6.07, 6.45) is 6.13. The molecule has 0 aliphatic rings. The second-order valence-corrected chi connectivity index (χ2v) is 3.58. The molecule has 0 heterocycles. The molecule has 1 unspecified atom stereocenters. The van der Waals surface area contributed by atoms with Gasteiger partial charge in [-0.25, -0.2) is 0 Å². The summed E-state index contributed by atoms with van der Waals surface area (Å²) in [6.45, 7) is 10.4. The maximum Gasteiger partial charge on any atom is 0.220 e. The first kappa shape index (κ1) is 14.4. The van der Waals surface area contributed by atoms with Crippen LogP contribution in [-0.4, -0.2) is 17.7 Å². The van der Waals surface area contributed by atoms with Crippen LogP contribution in [0, 0.1) is 0 Å². The van der Waals surface area contributed by atoms with Crippen LogP contribution in [0.3, 0.4) is 0 Å². The monoisotopic (exact) mass is 221 g/mol. The highest BCUT2D eigenvalue weighted by Crippen LogP contribution is 2.06. The van der Waals surface area contributed by atoms with Gasteiger partial charge >= 0.3 is 0 Å². The molecular formula is C13H19NO2. The highest BCUT2D eigenvalue weighted by Gasteiger charge is 2.10. The van der Waals surface area contributed by atoms with E-state index in [0.717, 1.165) is 5.57 Å². The maximum atomic E-state index is 11.4. The second kappa shape index (κ2) is 7.63. The summed E-state index contributed by atoms with van der Waals surface area (Å²) in [7, 11) is 0. The van der Waals surface area contributed by atoms with Gasteiger partial charge in [0, 0.05) is 6.42 Å². The van der Waals surface area contributed by atoms with Crippen molar-refractivity contribution in [2.45, 2.75) is 32.7 Å². The third-order valence-corrected chi connectivity index (χ3v) is 2.22. The summed E-state index contributed by atoms with van der Waals surface area (Å²) in [6, 6.07) is -0.414. The van der Waals surface area contributed by atoms with Crippen molar-refractivity contribution in [3.05, 3.63) is 37.0 Å². The lowest BCUT2D eigenvalue weighted by Crippen LogP contribution is -2.37. The molecule has 0 aromatic heterocycles. The Morgan fingerprint density at radius 1 is 1.31 bits per heavy atom. The van der Waals surface area contributed by atoms with Gasteiger partial charge in [0.15, 0.2) is 5.78 Å². The van der Waals surface area contributed by atoms with E-state index in [1.54, 1.807) is 19.1 Å². The van der Waals surface area contributed by atoms with E-state index < -0.39 is 6.04 Å². The van der Waals surface area contributed by atoms with Crippen molar-refractivity contribution in [3.63, 3.8) is 0 Å². The van der Waals surface area contributed by atoms with Crippen molar-refractivity contribution < 1.29 is 9.59 Å². The molecule has 0 bridgehead atoms. The quantitative estimate of drug-likeness (QED) is 0.670. The van der Waals surface area contributed by atoms with Crippen molar-refractivity contribution >= 4 is 11.7 Å². The summed E-state index contributed by atoms with van der Waals surface area (Å²) in [5.74, 6) is -0.168. The first-order valence-corrected chi connectivity index (χ1v) is 5.25. The minimum atomic E-state index is -0.414. The Bertz CT molecular complexity index is 316. The molecule has 1 amide bonds. The van der Waals surface area contributed by atoms with E-state index in [4.69, 9.17) is 0 Å². The fourth-order valence-electron chi connectivity index (χ4n) is 1.08. The van der Waals surface area contributed by atoms with Crippen molar-refractivity contribution in [1.29, 1.82) is 0 Å². The lowest BCUT2D eigenvalue weighted by Gasteiger charge is -2.10. The van der Waals surface area contributed by atoms with Gasteiger partial charge in [0.05, 0.1) is 6.04 Å². The van der Waals surface area contributed by atoms with E-state index >= 15 is 0 Å². The van der Waals surface area contributed by atoms with E-state index in [2.05, 4.69) is 18.5 Å². The molecule has 0 radical (unpaired) electrons. The first-order valence-electron chi connectivity index (χ1n) is 5.25. The summed E-state index contributed by atoms with van der Waals surface area (Å²) in [5.41, 5.74) is 0.959. The lowest BCUT2D eigenvalue weighted by atomic mass is 10.1. The Balaban J connectivity index is 4.07. The molecule has 0 aliphatic carbocycles. The predicted octanol–water partition coefficient (Wildman–Crippen LogP) is 2.16. The zero-order valence-electron chi connectivity index (χ0n) is 9.95. The van der Waals surface area contributed by atoms with Gasteiger partial charge in [-0.2, -0.15) is 0 Å². The topological polar surface area (TPSA) is 46.2 Å². The average molecular weight is 221 g/mol. The molecule has 1 N–H and O–H groups in total. The maximum absolute atomic E-state index is 11.4. The molecule has 0 aromatic carbocycles. The zero-order valence-corrected chi connectivity index (χ0v) is 9.95. The lowest BCUT2D eigenvalue weighted by molar-refractivity contribution is -0.126. The normalized spacial score (nSPS) is 12.8. The fraction of sp³-hybridized carbons (Fsp3) is 0.385. The van der Waals surface area contributed by atoms with Crippen LogP contribution in [0.25, 0.3) is 0 Å². The molecule has 0 aromatic rings. The standard InChI is InChI=1S/C13H19NO2/c1-5-7-12(6-2)8-9-13(16)14-10(3)11(4)15/h5-7,10H,1-2,8-9H2,3-4H3,(H,14,16)/b12-7+. The fourth-order valence-corrected chi connectivity index (χ4v) is 1.08.